The Morgan fingerprint density at radius 3 is 2.85 bits per heavy atom. The second-order valence-electron chi connectivity index (χ2n) is 2.47. The van der Waals surface area contributed by atoms with Gasteiger partial charge in [-0.15, -0.1) is 0 Å². The third-order valence-corrected chi connectivity index (χ3v) is 5.78. The Kier molecular flexibility index (Phi) is 6.32. The number of rotatable bonds is 5. The van der Waals surface area contributed by atoms with Gasteiger partial charge in [0, 0.05) is 0 Å². The Labute approximate surface area is 95.7 Å². The zero-order valence-corrected chi connectivity index (χ0v) is 10.9. The van der Waals surface area contributed by atoms with Crippen LogP contribution in [0.25, 0.3) is 0 Å². The van der Waals surface area contributed by atoms with Crippen molar-refractivity contribution in [2.75, 3.05) is 25.0 Å². The number of hydrogen-bond donors (Lipinski definition) is 1. The molecule has 0 spiro atoms. The zero-order chi connectivity index (χ0) is 9.68. The van der Waals surface area contributed by atoms with Crippen molar-refractivity contribution in [3.63, 3.8) is 0 Å². The number of halogens is 2. The third-order valence-electron chi connectivity index (χ3n) is 1.38. The van der Waals surface area contributed by atoms with E-state index in [1.54, 1.807) is 0 Å². The summed E-state index contributed by atoms with van der Waals surface area (Å²) in [6, 6.07) is 0. The SMILES string of the molecule is OCC(CCl)[O][Sb]1[O]CC(CCl)[O]1. The first-order valence-corrected chi connectivity index (χ1v) is 7.99. The molecule has 13 heavy (non-hydrogen) atoms. The molecule has 7 heteroatoms. The maximum atomic E-state index is 8.79. The number of aliphatic hydroxyl groups excluding tert-OH is 1. The summed E-state index contributed by atoms with van der Waals surface area (Å²) in [6.45, 7) is 0.384. The Hall–Kier alpha value is 1.24. The zero-order valence-electron chi connectivity index (χ0n) is 6.86. The summed E-state index contributed by atoms with van der Waals surface area (Å²) < 4.78 is 16.0. The minimum absolute atomic E-state index is 0.0562. The average Bonchev–Trinajstić information content (AvgIpc) is 2.61. The van der Waals surface area contributed by atoms with Gasteiger partial charge in [0.15, 0.2) is 0 Å². The van der Waals surface area contributed by atoms with Gasteiger partial charge in [0.1, 0.15) is 0 Å². The van der Waals surface area contributed by atoms with E-state index in [0.717, 1.165) is 0 Å². The fraction of sp³-hybridized carbons (Fsp3) is 1.00. The van der Waals surface area contributed by atoms with Crippen LogP contribution in [0.1, 0.15) is 0 Å². The van der Waals surface area contributed by atoms with E-state index in [2.05, 4.69) is 0 Å². The minimum atomic E-state index is -2.50. The molecule has 0 saturated carbocycles. The van der Waals surface area contributed by atoms with Gasteiger partial charge in [0.05, 0.1) is 0 Å². The molecule has 78 valence electrons. The molecule has 0 aromatic carbocycles. The van der Waals surface area contributed by atoms with Crippen LogP contribution in [0, 0.1) is 0 Å². The predicted octanol–water partition coefficient (Wildman–Crippen LogP) is 0.242. The van der Waals surface area contributed by atoms with Gasteiger partial charge in [0.2, 0.25) is 0 Å². The first-order valence-electron chi connectivity index (χ1n) is 3.79. The van der Waals surface area contributed by atoms with Crippen LogP contribution in [-0.4, -0.2) is 63.8 Å². The summed E-state index contributed by atoms with van der Waals surface area (Å²) >= 11 is 8.59. The molecule has 1 aliphatic heterocycles. The van der Waals surface area contributed by atoms with E-state index in [1.165, 1.54) is 0 Å². The van der Waals surface area contributed by atoms with E-state index >= 15 is 0 Å². The van der Waals surface area contributed by atoms with E-state index in [4.69, 9.17) is 37.4 Å². The topological polar surface area (TPSA) is 47.9 Å². The van der Waals surface area contributed by atoms with Gasteiger partial charge in [-0.3, -0.25) is 0 Å². The van der Waals surface area contributed by atoms with Crippen LogP contribution in [-0.2, 0) is 9.05 Å². The van der Waals surface area contributed by atoms with E-state index in [0.29, 0.717) is 12.5 Å². The van der Waals surface area contributed by atoms with Crippen molar-refractivity contribution in [3.05, 3.63) is 0 Å². The van der Waals surface area contributed by atoms with E-state index < -0.39 is 21.5 Å². The van der Waals surface area contributed by atoms with E-state index in [9.17, 15) is 0 Å². The monoisotopic (exact) mass is 338 g/mol. The molecule has 0 aromatic heterocycles. The molecule has 1 N–H and O–H groups in total. The number of alkyl halides is 2. The predicted molar refractivity (Wildman–Crippen MR) is 50.0 cm³/mol. The molecule has 0 bridgehead atoms. The Balaban J connectivity index is 2.22. The molecule has 4 nitrogen and oxygen atoms in total. The standard InChI is InChI=1S/C3H6ClO2.C3H5ClO2.Sb/c2*4-1-3(6)2-5;/h3,5H,1-2H2;3H,1-2H2;/q-1;-2;+3. The molecular weight excluding hydrogens is 329 g/mol. The fourth-order valence-electron chi connectivity index (χ4n) is 0.687. The summed E-state index contributed by atoms with van der Waals surface area (Å²) in [5, 5.41) is 8.79. The van der Waals surface area contributed by atoms with Crippen LogP contribution in [0.2, 0.25) is 0 Å². The van der Waals surface area contributed by atoms with Crippen LogP contribution in [0.15, 0.2) is 0 Å². The van der Waals surface area contributed by atoms with Crippen molar-refractivity contribution in [1.82, 2.24) is 0 Å². The average molecular weight is 340 g/mol. The Morgan fingerprint density at radius 2 is 2.38 bits per heavy atom. The van der Waals surface area contributed by atoms with Gasteiger partial charge in [-0.1, -0.05) is 0 Å². The molecule has 1 fully saturated rings. The van der Waals surface area contributed by atoms with E-state index in [-0.39, 0.29) is 24.7 Å². The normalized spacial score (nSPS) is 26.5. The van der Waals surface area contributed by atoms with Gasteiger partial charge in [-0.25, -0.2) is 0 Å². The van der Waals surface area contributed by atoms with Crippen LogP contribution < -0.4 is 0 Å². The quantitative estimate of drug-likeness (QED) is 0.576. The second kappa shape index (κ2) is 6.67. The molecule has 1 heterocycles. The molecule has 1 rings (SSSR count). The van der Waals surface area contributed by atoms with Gasteiger partial charge < -0.3 is 0 Å². The molecule has 0 radical (unpaired) electrons. The van der Waals surface area contributed by atoms with Crippen molar-refractivity contribution in [3.8, 4) is 0 Å². The first-order chi connectivity index (χ1) is 6.30. The Morgan fingerprint density at radius 1 is 1.62 bits per heavy atom. The molecule has 2 atom stereocenters. The summed E-state index contributed by atoms with van der Waals surface area (Å²) in [5.41, 5.74) is 0. The van der Waals surface area contributed by atoms with Crippen molar-refractivity contribution >= 4 is 44.7 Å². The summed E-state index contributed by atoms with van der Waals surface area (Å²) in [5.74, 6) is 0.657. The van der Waals surface area contributed by atoms with Gasteiger partial charge >= 0.3 is 96.0 Å². The van der Waals surface area contributed by atoms with Crippen molar-refractivity contribution < 1.29 is 14.2 Å². The second-order valence-corrected chi connectivity index (χ2v) is 6.30. The molecule has 0 amide bonds. The molecule has 1 aliphatic rings. The van der Waals surface area contributed by atoms with Gasteiger partial charge in [-0.05, 0) is 0 Å². The molecule has 1 saturated heterocycles. The molecule has 2 unspecified atom stereocenters. The van der Waals surface area contributed by atoms with Gasteiger partial charge in [0.25, 0.3) is 0 Å². The Bertz CT molecular complexity index is 147. The van der Waals surface area contributed by atoms with Gasteiger partial charge in [-0.2, -0.15) is 0 Å². The molecular formula is C6H11Cl2O4Sb. The number of hydrogen-bond acceptors (Lipinski definition) is 4. The summed E-state index contributed by atoms with van der Waals surface area (Å²) in [6.07, 6.45) is -0.432. The third kappa shape index (κ3) is 4.08. The first kappa shape index (κ1) is 12.3. The van der Waals surface area contributed by atoms with Crippen molar-refractivity contribution in [2.45, 2.75) is 12.2 Å². The summed E-state index contributed by atoms with van der Waals surface area (Å²) in [4.78, 5) is 0. The number of aliphatic hydroxyl groups is 1. The maximum absolute atomic E-state index is 8.79. The van der Waals surface area contributed by atoms with Crippen molar-refractivity contribution in [2.24, 2.45) is 0 Å². The van der Waals surface area contributed by atoms with Crippen LogP contribution in [0.4, 0.5) is 0 Å². The van der Waals surface area contributed by atoms with E-state index in [1.807, 2.05) is 0 Å². The fourth-order valence-corrected chi connectivity index (χ4v) is 5.02. The summed E-state index contributed by atoms with van der Waals surface area (Å²) in [7, 11) is 0. The molecule has 0 aliphatic carbocycles. The van der Waals surface area contributed by atoms with Crippen LogP contribution >= 0.6 is 23.2 Å². The van der Waals surface area contributed by atoms with Crippen LogP contribution in [0.5, 0.6) is 0 Å². The van der Waals surface area contributed by atoms with Crippen LogP contribution in [0.3, 0.4) is 0 Å². The molecule has 0 aromatic rings. The van der Waals surface area contributed by atoms with Crippen molar-refractivity contribution in [1.29, 1.82) is 0 Å².